The smallest absolute Gasteiger partial charge is 0.380 e. The molecule has 0 aliphatic carbocycles. The second kappa shape index (κ2) is 8.93. The lowest BCUT2D eigenvalue weighted by molar-refractivity contribution is -0.0506. The van der Waals surface area contributed by atoms with Gasteiger partial charge in [0.1, 0.15) is 24.1 Å². The minimum atomic E-state index is -3.86. The van der Waals surface area contributed by atoms with E-state index in [1.165, 1.54) is 12.3 Å². The molecule has 1 unspecified atom stereocenters. The van der Waals surface area contributed by atoms with Crippen LogP contribution in [0.5, 0.6) is 0 Å². The summed E-state index contributed by atoms with van der Waals surface area (Å²) in [7, 11) is 0. The Morgan fingerprint density at radius 1 is 1.24 bits per heavy atom. The topological polar surface area (TPSA) is 140 Å². The second-order valence-corrected chi connectivity index (χ2v) is 10.4. The van der Waals surface area contributed by atoms with Crippen LogP contribution in [-0.2, 0) is 13.8 Å². The Morgan fingerprint density at radius 2 is 1.93 bits per heavy atom. The molecule has 13 heteroatoms. The van der Waals surface area contributed by atoms with Gasteiger partial charge in [-0.3, -0.25) is 13.9 Å². The zero-order valence-corrected chi connectivity index (χ0v) is 17.0. The van der Waals surface area contributed by atoms with Gasteiger partial charge >= 0.3 is 11.8 Å². The van der Waals surface area contributed by atoms with Gasteiger partial charge in [0.2, 0.25) is 0 Å². The summed E-state index contributed by atoms with van der Waals surface area (Å²) in [6, 6.07) is 9.68. The first-order valence-electron chi connectivity index (χ1n) is 8.27. The zero-order valence-electron chi connectivity index (χ0n) is 14.6. The number of hydrogen-bond donors (Lipinski definition) is 3. The van der Waals surface area contributed by atoms with E-state index in [9.17, 15) is 24.4 Å². The molecular weight excluding hydrogens is 448 g/mol. The number of nitrogens with one attached hydrogen (secondary N) is 1. The SMILES string of the molecule is O=C(Nc1ccn([C@@H]2O[C@H](COP(=O)(Cl)Cl)[C@H](O)C2O)c(=O)n1)c1ccccc1. The summed E-state index contributed by atoms with van der Waals surface area (Å²) in [5, 5.41) is 22.7. The van der Waals surface area contributed by atoms with Gasteiger partial charge in [0, 0.05) is 11.8 Å². The quantitative estimate of drug-likeness (QED) is 0.550. The number of hydrogen-bond acceptors (Lipinski definition) is 8. The van der Waals surface area contributed by atoms with Crippen LogP contribution in [0.3, 0.4) is 0 Å². The summed E-state index contributed by atoms with van der Waals surface area (Å²) >= 11 is 10.6. The van der Waals surface area contributed by atoms with E-state index in [-0.39, 0.29) is 5.82 Å². The summed E-state index contributed by atoms with van der Waals surface area (Å²) in [5.74, 6) is -0.454. The van der Waals surface area contributed by atoms with Gasteiger partial charge in [-0.25, -0.2) is 4.79 Å². The average Bonchev–Trinajstić information content (AvgIpc) is 2.95. The number of halogens is 2. The molecule has 10 nitrogen and oxygen atoms in total. The molecule has 1 saturated heterocycles. The lowest BCUT2D eigenvalue weighted by Crippen LogP contribution is -2.36. The van der Waals surface area contributed by atoms with Crippen LogP contribution >= 0.6 is 28.6 Å². The fourth-order valence-electron chi connectivity index (χ4n) is 2.71. The first-order chi connectivity index (χ1) is 13.7. The van der Waals surface area contributed by atoms with E-state index >= 15 is 0 Å². The Morgan fingerprint density at radius 3 is 2.55 bits per heavy atom. The molecule has 1 aliphatic heterocycles. The van der Waals surface area contributed by atoms with Crippen LogP contribution in [0.1, 0.15) is 16.6 Å². The molecule has 0 spiro atoms. The molecule has 29 heavy (non-hydrogen) atoms. The molecule has 0 radical (unpaired) electrons. The molecular formula is C16H16Cl2N3O7P. The number of carbonyl (C=O) groups is 1. The lowest BCUT2D eigenvalue weighted by Gasteiger charge is -2.17. The second-order valence-electron chi connectivity index (χ2n) is 6.08. The third-order valence-electron chi connectivity index (χ3n) is 4.11. The molecule has 1 aromatic heterocycles. The monoisotopic (exact) mass is 463 g/mol. The Hall–Kier alpha value is -1.78. The Labute approximate surface area is 174 Å². The van der Waals surface area contributed by atoms with Crippen molar-refractivity contribution < 1.29 is 28.8 Å². The van der Waals surface area contributed by atoms with Crippen molar-refractivity contribution in [3.63, 3.8) is 0 Å². The predicted molar refractivity (Wildman–Crippen MR) is 104 cm³/mol. The van der Waals surface area contributed by atoms with Crippen molar-refractivity contribution in [1.82, 2.24) is 9.55 Å². The van der Waals surface area contributed by atoms with E-state index in [0.717, 1.165) is 4.57 Å². The largest absolute Gasteiger partial charge is 0.387 e. The van der Waals surface area contributed by atoms with Gasteiger partial charge in [0.25, 0.3) is 5.91 Å². The Kier molecular flexibility index (Phi) is 6.75. The van der Waals surface area contributed by atoms with Gasteiger partial charge in [-0.15, -0.1) is 0 Å². The van der Waals surface area contributed by atoms with E-state index in [0.29, 0.717) is 5.56 Å². The molecule has 1 amide bonds. The number of benzene rings is 1. The molecule has 4 atom stereocenters. The van der Waals surface area contributed by atoms with Crippen LogP contribution in [-0.4, -0.2) is 50.6 Å². The minimum Gasteiger partial charge on any atom is -0.387 e. The maximum Gasteiger partial charge on any atom is 0.380 e. The van der Waals surface area contributed by atoms with Crippen molar-refractivity contribution >= 4 is 40.3 Å². The lowest BCUT2D eigenvalue weighted by atomic mass is 10.1. The van der Waals surface area contributed by atoms with Gasteiger partial charge in [0.15, 0.2) is 6.23 Å². The van der Waals surface area contributed by atoms with E-state index in [2.05, 4.69) is 10.3 Å². The molecule has 3 rings (SSSR count). The number of aromatic nitrogens is 2. The number of ether oxygens (including phenoxy) is 1. The van der Waals surface area contributed by atoms with Gasteiger partial charge in [-0.05, 0) is 40.7 Å². The number of nitrogens with zero attached hydrogens (tertiary/aromatic N) is 2. The van der Waals surface area contributed by atoms with Gasteiger partial charge in [0.05, 0.1) is 6.61 Å². The van der Waals surface area contributed by atoms with E-state index in [4.69, 9.17) is 31.7 Å². The van der Waals surface area contributed by atoms with Crippen LogP contribution in [0.15, 0.2) is 47.4 Å². The summed E-state index contributed by atoms with van der Waals surface area (Å²) < 4.78 is 22.2. The highest BCUT2D eigenvalue weighted by Crippen LogP contribution is 2.57. The number of amides is 1. The standard InChI is InChI=1S/C16H16Cl2N3O7P/c17-29(18,26)27-8-10-12(22)13(23)15(28-10)21-7-6-11(20-16(21)25)19-14(24)9-4-2-1-3-5-9/h1-7,10,12-13,15,22-23H,8H2,(H,19,20,24,25)/t10-,12+,13?,15-/m1/s1. The summed E-state index contributed by atoms with van der Waals surface area (Å²) in [4.78, 5) is 28.2. The van der Waals surface area contributed by atoms with Crippen molar-refractivity contribution in [3.05, 3.63) is 58.6 Å². The third-order valence-corrected chi connectivity index (χ3v) is 5.14. The molecule has 1 aliphatic rings. The highest BCUT2D eigenvalue weighted by atomic mass is 35.9. The van der Waals surface area contributed by atoms with Crippen LogP contribution < -0.4 is 11.0 Å². The highest BCUT2D eigenvalue weighted by molar-refractivity contribution is 8.05. The first-order valence-corrected chi connectivity index (χ1v) is 11.7. The number of anilines is 1. The maximum atomic E-state index is 12.3. The van der Waals surface area contributed by atoms with E-state index in [1.807, 2.05) is 0 Å². The van der Waals surface area contributed by atoms with Crippen LogP contribution in [0.25, 0.3) is 0 Å². The first kappa shape index (κ1) is 21.9. The molecule has 2 aromatic rings. The van der Waals surface area contributed by atoms with Crippen molar-refractivity contribution in [3.8, 4) is 0 Å². The molecule has 0 saturated carbocycles. The van der Waals surface area contributed by atoms with Crippen LogP contribution in [0, 0.1) is 0 Å². The highest BCUT2D eigenvalue weighted by Gasteiger charge is 2.44. The van der Waals surface area contributed by atoms with Gasteiger partial charge < -0.3 is 24.8 Å². The van der Waals surface area contributed by atoms with E-state index in [1.54, 1.807) is 30.3 Å². The zero-order chi connectivity index (χ0) is 21.2. The molecule has 156 valence electrons. The molecule has 1 aromatic carbocycles. The van der Waals surface area contributed by atoms with Crippen LogP contribution in [0.2, 0.25) is 0 Å². The fourth-order valence-corrected chi connectivity index (χ4v) is 3.37. The normalized spacial score (nSPS) is 24.4. The number of rotatable bonds is 6. The molecule has 1 fully saturated rings. The number of aliphatic hydroxyl groups excluding tert-OH is 2. The number of aliphatic hydroxyl groups is 2. The Balaban J connectivity index is 1.72. The summed E-state index contributed by atoms with van der Waals surface area (Å²) in [5.41, 5.74) is -0.455. The van der Waals surface area contributed by atoms with Gasteiger partial charge in [-0.2, -0.15) is 4.98 Å². The van der Waals surface area contributed by atoms with Crippen molar-refractivity contribution in [1.29, 1.82) is 0 Å². The molecule has 2 heterocycles. The van der Waals surface area contributed by atoms with Crippen molar-refractivity contribution in [2.24, 2.45) is 0 Å². The summed E-state index contributed by atoms with van der Waals surface area (Å²) in [6.07, 6.45) is -8.00. The van der Waals surface area contributed by atoms with Crippen molar-refractivity contribution in [2.45, 2.75) is 24.5 Å². The number of carbonyl (C=O) groups excluding carboxylic acids is 1. The van der Waals surface area contributed by atoms with E-state index < -0.39 is 48.8 Å². The fraction of sp³-hybridized carbons (Fsp3) is 0.312. The Bertz CT molecular complexity index is 984. The third kappa shape index (κ3) is 5.43. The van der Waals surface area contributed by atoms with Crippen molar-refractivity contribution in [2.75, 3.05) is 11.9 Å². The maximum absolute atomic E-state index is 12.3. The average molecular weight is 464 g/mol. The summed E-state index contributed by atoms with van der Waals surface area (Å²) in [6.45, 7) is -0.466. The van der Waals surface area contributed by atoms with Gasteiger partial charge in [-0.1, -0.05) is 18.2 Å². The molecule has 0 bridgehead atoms. The minimum absolute atomic E-state index is 0.00163. The predicted octanol–water partition coefficient (Wildman–Crippen LogP) is 1.72. The molecule has 3 N–H and O–H groups in total. The van der Waals surface area contributed by atoms with Crippen LogP contribution in [0.4, 0.5) is 5.82 Å².